The number of benzene rings is 1. The van der Waals surface area contributed by atoms with E-state index in [1.165, 1.54) is 0 Å². The largest absolute Gasteiger partial charge is 0.496 e. The Morgan fingerprint density at radius 3 is 2.96 bits per heavy atom. The summed E-state index contributed by atoms with van der Waals surface area (Å²) in [5.74, 6) is 6.61. The minimum atomic E-state index is -1.29. The molecule has 5 heteroatoms. The van der Waals surface area contributed by atoms with Gasteiger partial charge >= 0.3 is 0 Å². The first-order valence-corrected chi connectivity index (χ1v) is 9.93. The smallest absolute Gasteiger partial charge is 0.219 e. The van der Waals surface area contributed by atoms with Gasteiger partial charge in [-0.05, 0) is 31.7 Å². The summed E-state index contributed by atoms with van der Waals surface area (Å²) in [5.41, 5.74) is -0.0248. The topological polar surface area (TPSA) is 54.0 Å². The Hall–Kier alpha value is -2.13. The molecular weight excluding hydrogens is 356 g/mol. The van der Waals surface area contributed by atoms with Crippen molar-refractivity contribution in [2.75, 3.05) is 20.3 Å². The molecule has 3 unspecified atom stereocenters. The van der Waals surface area contributed by atoms with Crippen LogP contribution in [0, 0.1) is 11.8 Å². The minimum Gasteiger partial charge on any atom is -0.496 e. The van der Waals surface area contributed by atoms with E-state index in [1.54, 1.807) is 19.3 Å². The van der Waals surface area contributed by atoms with Crippen LogP contribution >= 0.6 is 0 Å². The van der Waals surface area contributed by atoms with E-state index in [9.17, 15) is 4.79 Å². The average molecular weight is 384 g/mol. The lowest BCUT2D eigenvalue weighted by atomic mass is 9.71. The highest BCUT2D eigenvalue weighted by atomic mass is 16.7. The Morgan fingerprint density at radius 1 is 1.43 bits per heavy atom. The van der Waals surface area contributed by atoms with Crippen LogP contribution in [-0.4, -0.2) is 38.5 Å². The summed E-state index contributed by atoms with van der Waals surface area (Å²) in [4.78, 5) is 13.0. The number of fused-ring (bicyclic) bond motifs is 1. The van der Waals surface area contributed by atoms with E-state index >= 15 is 0 Å². The third kappa shape index (κ3) is 4.00. The zero-order chi connectivity index (χ0) is 20.0. The quantitative estimate of drug-likeness (QED) is 0.501. The van der Waals surface area contributed by atoms with Crippen molar-refractivity contribution in [3.05, 3.63) is 42.0 Å². The maximum atomic E-state index is 13.0. The lowest BCUT2D eigenvalue weighted by Crippen LogP contribution is -2.48. The monoisotopic (exact) mass is 384 g/mol. The summed E-state index contributed by atoms with van der Waals surface area (Å²) in [6, 6.07) is 5.47. The standard InChI is InChI=1S/C23H28O5/c1-4-9-17(28-20-12-6-7-16-26-20)13-14-23(27-15-5-2)18-10-8-11-19(25-3)21(18)22(23)24/h5,8,10-11,17,20H,2,4,6-7,9,12,15-16H2,1,3H3. The lowest BCUT2D eigenvalue weighted by molar-refractivity contribution is -0.177. The molecule has 150 valence electrons. The van der Waals surface area contributed by atoms with Gasteiger partial charge < -0.3 is 18.9 Å². The fourth-order valence-electron chi connectivity index (χ4n) is 3.57. The number of hydrogen-bond donors (Lipinski definition) is 0. The van der Waals surface area contributed by atoms with Crippen LogP contribution in [0.15, 0.2) is 30.9 Å². The SMILES string of the molecule is C=CCOC1(C#CC(CCC)OC2CCCCO2)C(=O)c2c(OC)cccc21. The molecule has 0 spiro atoms. The van der Waals surface area contributed by atoms with E-state index in [0.29, 0.717) is 11.3 Å². The number of ketones is 1. The molecule has 0 radical (unpaired) electrons. The molecule has 0 aromatic heterocycles. The van der Waals surface area contributed by atoms with Gasteiger partial charge in [-0.25, -0.2) is 0 Å². The Bertz CT molecular complexity index is 769. The average Bonchev–Trinajstić information content (AvgIpc) is 2.73. The normalized spacial score (nSPS) is 24.4. The first-order chi connectivity index (χ1) is 13.7. The van der Waals surface area contributed by atoms with E-state index in [1.807, 2.05) is 12.1 Å². The van der Waals surface area contributed by atoms with Crippen molar-refractivity contribution in [3.63, 3.8) is 0 Å². The molecule has 1 aliphatic carbocycles. The number of methoxy groups -OCH3 is 1. The van der Waals surface area contributed by atoms with Gasteiger partial charge in [0.2, 0.25) is 11.4 Å². The molecule has 3 rings (SSSR count). The molecule has 1 aromatic carbocycles. The molecule has 0 N–H and O–H groups in total. The fourth-order valence-corrected chi connectivity index (χ4v) is 3.57. The number of Topliss-reactive ketones (excluding diaryl/α,β-unsaturated/α-hetero) is 1. The Morgan fingerprint density at radius 2 is 2.29 bits per heavy atom. The van der Waals surface area contributed by atoms with E-state index in [2.05, 4.69) is 25.3 Å². The third-order valence-electron chi connectivity index (χ3n) is 5.00. The molecule has 28 heavy (non-hydrogen) atoms. The van der Waals surface area contributed by atoms with Crippen molar-refractivity contribution in [1.29, 1.82) is 0 Å². The number of rotatable bonds is 8. The molecule has 1 saturated heterocycles. The second kappa shape index (κ2) is 9.38. The number of carbonyl (C=O) groups excluding carboxylic acids is 1. The van der Waals surface area contributed by atoms with Crippen LogP contribution < -0.4 is 4.74 Å². The maximum Gasteiger partial charge on any atom is 0.219 e. The van der Waals surface area contributed by atoms with Crippen LogP contribution in [0.25, 0.3) is 0 Å². The van der Waals surface area contributed by atoms with Gasteiger partial charge in [0.05, 0.1) is 19.3 Å². The molecule has 0 amide bonds. The summed E-state index contributed by atoms with van der Waals surface area (Å²) in [5, 5.41) is 0. The van der Waals surface area contributed by atoms with E-state index in [-0.39, 0.29) is 24.8 Å². The van der Waals surface area contributed by atoms with Crippen LogP contribution in [0.2, 0.25) is 0 Å². The van der Waals surface area contributed by atoms with E-state index in [0.717, 1.165) is 44.3 Å². The summed E-state index contributed by atoms with van der Waals surface area (Å²) in [6.07, 6.45) is 5.80. The predicted molar refractivity (Wildman–Crippen MR) is 106 cm³/mol. The highest BCUT2D eigenvalue weighted by Gasteiger charge is 2.53. The highest BCUT2D eigenvalue weighted by Crippen LogP contribution is 2.46. The summed E-state index contributed by atoms with van der Waals surface area (Å²) in [6.45, 7) is 6.71. The van der Waals surface area contributed by atoms with E-state index < -0.39 is 5.60 Å². The van der Waals surface area contributed by atoms with Crippen LogP contribution in [-0.2, 0) is 19.8 Å². The first-order valence-electron chi connectivity index (χ1n) is 9.93. The Balaban J connectivity index is 1.88. The summed E-state index contributed by atoms with van der Waals surface area (Å²) >= 11 is 0. The van der Waals surface area contributed by atoms with Crippen molar-refractivity contribution in [1.82, 2.24) is 0 Å². The Kier molecular flexibility index (Phi) is 6.90. The molecule has 5 nitrogen and oxygen atoms in total. The fraction of sp³-hybridized carbons (Fsp3) is 0.522. The van der Waals surface area contributed by atoms with Gasteiger partial charge in [0.25, 0.3) is 0 Å². The van der Waals surface area contributed by atoms with Gasteiger partial charge in [0.1, 0.15) is 11.9 Å². The second-order valence-corrected chi connectivity index (χ2v) is 6.97. The molecule has 1 fully saturated rings. The summed E-state index contributed by atoms with van der Waals surface area (Å²) in [7, 11) is 1.55. The summed E-state index contributed by atoms with van der Waals surface area (Å²) < 4.78 is 23.0. The molecule has 3 atom stereocenters. The second-order valence-electron chi connectivity index (χ2n) is 6.97. The van der Waals surface area contributed by atoms with Crippen molar-refractivity contribution in [2.45, 2.75) is 57.0 Å². The van der Waals surface area contributed by atoms with Gasteiger partial charge in [0, 0.05) is 12.2 Å². The van der Waals surface area contributed by atoms with Crippen LogP contribution in [0.4, 0.5) is 0 Å². The van der Waals surface area contributed by atoms with Crippen LogP contribution in [0.3, 0.4) is 0 Å². The molecule has 0 saturated carbocycles. The minimum absolute atomic E-state index is 0.182. The molecule has 0 bridgehead atoms. The zero-order valence-corrected chi connectivity index (χ0v) is 16.7. The molecular formula is C23H28O5. The third-order valence-corrected chi connectivity index (χ3v) is 5.00. The molecule has 2 aliphatic rings. The molecule has 1 heterocycles. The van der Waals surface area contributed by atoms with Crippen molar-refractivity contribution in [2.24, 2.45) is 0 Å². The molecule has 1 aliphatic heterocycles. The van der Waals surface area contributed by atoms with Gasteiger partial charge in [-0.15, -0.1) is 6.58 Å². The highest BCUT2D eigenvalue weighted by molar-refractivity contribution is 6.16. The lowest BCUT2D eigenvalue weighted by Gasteiger charge is -2.38. The van der Waals surface area contributed by atoms with E-state index in [4.69, 9.17) is 18.9 Å². The Labute approximate surface area is 167 Å². The number of ether oxygens (including phenoxy) is 4. The van der Waals surface area contributed by atoms with Gasteiger partial charge in [0.15, 0.2) is 6.29 Å². The number of carbonyl (C=O) groups is 1. The van der Waals surface area contributed by atoms with Crippen LogP contribution in [0.1, 0.15) is 54.9 Å². The van der Waals surface area contributed by atoms with Crippen LogP contribution in [0.5, 0.6) is 5.75 Å². The predicted octanol–water partition coefficient (Wildman–Crippen LogP) is 4.00. The first kappa shape index (κ1) is 20.6. The van der Waals surface area contributed by atoms with Crippen molar-refractivity contribution < 1.29 is 23.7 Å². The van der Waals surface area contributed by atoms with Gasteiger partial charge in [-0.2, -0.15) is 0 Å². The zero-order valence-electron chi connectivity index (χ0n) is 16.7. The molecule has 1 aromatic rings. The number of hydrogen-bond acceptors (Lipinski definition) is 5. The maximum absolute atomic E-state index is 13.0. The van der Waals surface area contributed by atoms with Gasteiger partial charge in [-0.1, -0.05) is 43.4 Å². The van der Waals surface area contributed by atoms with Gasteiger partial charge in [-0.3, -0.25) is 4.79 Å². The van der Waals surface area contributed by atoms with Crippen molar-refractivity contribution in [3.8, 4) is 17.6 Å². The van der Waals surface area contributed by atoms with Crippen molar-refractivity contribution >= 4 is 5.78 Å².